The van der Waals surface area contributed by atoms with E-state index < -0.39 is 17.7 Å². The van der Waals surface area contributed by atoms with Gasteiger partial charge in [0.2, 0.25) is 0 Å². The lowest BCUT2D eigenvalue weighted by Gasteiger charge is -2.21. The zero-order valence-electron chi connectivity index (χ0n) is 18.6. The highest BCUT2D eigenvalue weighted by molar-refractivity contribution is 6.30. The molecule has 0 aliphatic carbocycles. The summed E-state index contributed by atoms with van der Waals surface area (Å²) in [5.74, 6) is -0.476. The van der Waals surface area contributed by atoms with Gasteiger partial charge in [0, 0.05) is 22.0 Å². The Labute approximate surface area is 204 Å². The van der Waals surface area contributed by atoms with Gasteiger partial charge in [-0.1, -0.05) is 55.4 Å². The van der Waals surface area contributed by atoms with E-state index in [9.17, 15) is 18.0 Å². The van der Waals surface area contributed by atoms with Crippen molar-refractivity contribution in [2.45, 2.75) is 19.5 Å². The molecule has 4 rings (SSSR count). The van der Waals surface area contributed by atoms with Gasteiger partial charge in [-0.3, -0.25) is 5.10 Å². The van der Waals surface area contributed by atoms with Crippen LogP contribution in [0.4, 0.5) is 13.2 Å². The molecule has 1 N–H and O–H groups in total. The quantitative estimate of drug-likeness (QED) is 0.129. The standard InChI is InChI=1S/C27H20ClF3N2O2/c1-3-19(20-11-10-18(28)14-22(20)27(29,30)31)26(16-9-12-23-17(13-16)15-32-33-23)21-7-5-6-8-24(21)35-25(34)4-2/h4-15H,2-3H2,1H3,(H,32,33)/b26-19+. The Hall–Kier alpha value is -3.84. The van der Waals surface area contributed by atoms with Gasteiger partial charge in [0.25, 0.3) is 0 Å². The molecule has 8 heteroatoms. The van der Waals surface area contributed by atoms with Crippen LogP contribution in [0.5, 0.6) is 5.75 Å². The third-order valence-electron chi connectivity index (χ3n) is 5.53. The van der Waals surface area contributed by atoms with Crippen LogP contribution in [0.2, 0.25) is 5.02 Å². The molecule has 4 nitrogen and oxygen atoms in total. The fourth-order valence-electron chi connectivity index (χ4n) is 4.02. The number of hydrogen-bond donors (Lipinski definition) is 1. The fraction of sp³-hybridized carbons (Fsp3) is 0.111. The predicted octanol–water partition coefficient (Wildman–Crippen LogP) is 7.70. The summed E-state index contributed by atoms with van der Waals surface area (Å²) in [6.45, 7) is 5.21. The van der Waals surface area contributed by atoms with E-state index in [1.807, 2.05) is 6.07 Å². The second-order valence-corrected chi connectivity index (χ2v) is 8.12. The second kappa shape index (κ2) is 9.80. The molecule has 0 atom stereocenters. The van der Waals surface area contributed by atoms with E-state index in [2.05, 4.69) is 16.8 Å². The summed E-state index contributed by atoms with van der Waals surface area (Å²) in [5.41, 5.74) is 1.95. The largest absolute Gasteiger partial charge is 0.423 e. The minimum atomic E-state index is -4.63. The monoisotopic (exact) mass is 496 g/mol. The number of nitrogens with one attached hydrogen (secondary N) is 1. The van der Waals surface area contributed by atoms with Crippen molar-refractivity contribution >= 4 is 39.6 Å². The third kappa shape index (κ3) is 5.00. The number of allylic oxidation sites excluding steroid dienone is 1. The summed E-state index contributed by atoms with van der Waals surface area (Å²) >= 11 is 5.94. The lowest BCUT2D eigenvalue weighted by atomic mass is 9.85. The maximum Gasteiger partial charge on any atom is 0.417 e. The number of carbonyl (C=O) groups excluding carboxylic acids is 1. The molecule has 0 saturated carbocycles. The van der Waals surface area contributed by atoms with Crippen molar-refractivity contribution in [1.82, 2.24) is 10.2 Å². The van der Waals surface area contributed by atoms with Crippen molar-refractivity contribution in [1.29, 1.82) is 0 Å². The van der Waals surface area contributed by atoms with Crippen LogP contribution in [0.15, 0.2) is 79.5 Å². The van der Waals surface area contributed by atoms with Gasteiger partial charge in [-0.05, 0) is 59.0 Å². The van der Waals surface area contributed by atoms with Crippen molar-refractivity contribution < 1.29 is 22.7 Å². The lowest BCUT2D eigenvalue weighted by molar-refractivity contribution is -0.137. The Morgan fingerprint density at radius 3 is 2.60 bits per heavy atom. The normalized spacial score (nSPS) is 12.4. The summed E-state index contributed by atoms with van der Waals surface area (Å²) in [7, 11) is 0. The molecule has 4 aromatic rings. The van der Waals surface area contributed by atoms with Crippen LogP contribution < -0.4 is 4.74 Å². The van der Waals surface area contributed by atoms with E-state index >= 15 is 0 Å². The molecule has 0 spiro atoms. The van der Waals surface area contributed by atoms with Crippen LogP contribution in [-0.2, 0) is 11.0 Å². The summed E-state index contributed by atoms with van der Waals surface area (Å²) in [6.07, 6.45) is -1.71. The number of hydrogen-bond acceptors (Lipinski definition) is 3. The Bertz CT molecular complexity index is 1450. The molecule has 1 aromatic heterocycles. The van der Waals surface area contributed by atoms with Crippen molar-refractivity contribution in [3.63, 3.8) is 0 Å². The first-order valence-corrected chi connectivity index (χ1v) is 11.1. The third-order valence-corrected chi connectivity index (χ3v) is 5.77. The maximum absolute atomic E-state index is 14.1. The van der Waals surface area contributed by atoms with Crippen LogP contribution in [-0.4, -0.2) is 16.2 Å². The molecule has 178 valence electrons. The van der Waals surface area contributed by atoms with Gasteiger partial charge >= 0.3 is 12.1 Å². The smallest absolute Gasteiger partial charge is 0.417 e. The van der Waals surface area contributed by atoms with Gasteiger partial charge in [0.05, 0.1) is 17.3 Å². The molecular weight excluding hydrogens is 477 g/mol. The van der Waals surface area contributed by atoms with Crippen LogP contribution in [0.25, 0.3) is 22.0 Å². The van der Waals surface area contributed by atoms with Crippen molar-refractivity contribution in [3.8, 4) is 5.75 Å². The van der Waals surface area contributed by atoms with E-state index in [0.717, 1.165) is 23.0 Å². The van der Waals surface area contributed by atoms with Gasteiger partial charge in [-0.15, -0.1) is 0 Å². The average molecular weight is 497 g/mol. The Balaban J connectivity index is 2.09. The number of nitrogens with zero attached hydrogens (tertiary/aromatic N) is 1. The lowest BCUT2D eigenvalue weighted by Crippen LogP contribution is -2.10. The summed E-state index contributed by atoms with van der Waals surface area (Å²) in [6, 6.07) is 15.9. The Morgan fingerprint density at radius 2 is 1.89 bits per heavy atom. The Morgan fingerprint density at radius 1 is 1.11 bits per heavy atom. The highest BCUT2D eigenvalue weighted by atomic mass is 35.5. The molecule has 35 heavy (non-hydrogen) atoms. The number of para-hydroxylation sites is 1. The summed E-state index contributed by atoms with van der Waals surface area (Å²) < 4.78 is 47.7. The highest BCUT2D eigenvalue weighted by Crippen LogP contribution is 2.43. The zero-order valence-corrected chi connectivity index (χ0v) is 19.4. The number of aromatic nitrogens is 2. The van der Waals surface area contributed by atoms with Crippen LogP contribution in [0.3, 0.4) is 0 Å². The SMILES string of the molecule is C=CC(=O)Oc1ccccc1/C(=C(\CC)c1ccc(Cl)cc1C(F)(F)F)c1ccc2[nH]ncc2c1. The van der Waals surface area contributed by atoms with Gasteiger partial charge in [0.1, 0.15) is 5.75 Å². The number of fused-ring (bicyclic) bond motifs is 1. The number of ether oxygens (including phenoxy) is 1. The number of benzene rings is 3. The molecule has 0 bridgehead atoms. The zero-order chi connectivity index (χ0) is 25.2. The number of carbonyl (C=O) groups is 1. The van der Waals surface area contributed by atoms with Crippen LogP contribution in [0, 0.1) is 0 Å². The first-order valence-electron chi connectivity index (χ1n) is 10.7. The fourth-order valence-corrected chi connectivity index (χ4v) is 4.19. The molecule has 0 radical (unpaired) electrons. The number of H-pyrrole nitrogens is 1. The molecule has 0 fully saturated rings. The molecule has 0 saturated heterocycles. The number of rotatable bonds is 6. The summed E-state index contributed by atoms with van der Waals surface area (Å²) in [4.78, 5) is 12.0. The molecule has 1 heterocycles. The van der Waals surface area contributed by atoms with Crippen LogP contribution >= 0.6 is 11.6 Å². The first kappa shape index (κ1) is 24.3. The van der Waals surface area contributed by atoms with E-state index in [4.69, 9.17) is 16.3 Å². The molecule has 0 unspecified atom stereocenters. The maximum atomic E-state index is 14.1. The van der Waals surface area contributed by atoms with E-state index in [-0.39, 0.29) is 22.8 Å². The minimum Gasteiger partial charge on any atom is -0.423 e. The van der Waals surface area contributed by atoms with Crippen LogP contribution in [0.1, 0.15) is 35.6 Å². The van der Waals surface area contributed by atoms with Gasteiger partial charge in [0.15, 0.2) is 0 Å². The summed E-state index contributed by atoms with van der Waals surface area (Å²) in [5, 5.41) is 7.67. The topological polar surface area (TPSA) is 55.0 Å². The average Bonchev–Trinajstić information content (AvgIpc) is 3.30. The van der Waals surface area contributed by atoms with Gasteiger partial charge in [-0.2, -0.15) is 18.3 Å². The Kier molecular flexibility index (Phi) is 6.80. The molecule has 0 aliphatic heterocycles. The molecule has 0 amide bonds. The van der Waals surface area contributed by atoms with E-state index in [1.54, 1.807) is 49.5 Å². The number of aromatic amines is 1. The molecule has 3 aromatic carbocycles. The van der Waals surface area contributed by atoms with Crippen molar-refractivity contribution in [2.24, 2.45) is 0 Å². The van der Waals surface area contributed by atoms with Crippen molar-refractivity contribution in [2.75, 3.05) is 0 Å². The molecular formula is C27H20ClF3N2O2. The van der Waals surface area contributed by atoms with E-state index in [1.165, 1.54) is 12.1 Å². The molecule has 0 aliphatic rings. The van der Waals surface area contributed by atoms with Gasteiger partial charge < -0.3 is 4.74 Å². The number of esters is 1. The predicted molar refractivity (Wildman–Crippen MR) is 131 cm³/mol. The van der Waals surface area contributed by atoms with Gasteiger partial charge in [-0.25, -0.2) is 4.79 Å². The number of alkyl halides is 3. The second-order valence-electron chi connectivity index (χ2n) is 7.69. The minimum absolute atomic E-state index is 0.00320. The van der Waals surface area contributed by atoms with E-state index in [0.29, 0.717) is 22.3 Å². The number of halogens is 4. The first-order chi connectivity index (χ1) is 16.7. The highest BCUT2D eigenvalue weighted by Gasteiger charge is 2.35. The van der Waals surface area contributed by atoms with Crippen molar-refractivity contribution in [3.05, 3.63) is 107 Å².